The average molecular weight is 423 g/mol. The van der Waals surface area contributed by atoms with Gasteiger partial charge in [0, 0.05) is 25.7 Å². The molecular formula is C22H26FN7O. The third-order valence-electron chi connectivity index (χ3n) is 5.60. The minimum Gasteiger partial charge on any atom is -0.397 e. The van der Waals surface area contributed by atoms with E-state index in [1.165, 1.54) is 6.07 Å². The number of hydrogen-bond donors (Lipinski definition) is 3. The SMILES string of the molecule is Cn1ncc(NC(=O)c2nc(-c3ccccc3F)ccc2N)c1N1CCC[C@H](CN)C1. The van der Waals surface area contributed by atoms with Gasteiger partial charge in [0.05, 0.1) is 17.6 Å². The molecule has 3 aromatic rings. The van der Waals surface area contributed by atoms with E-state index >= 15 is 0 Å². The van der Waals surface area contributed by atoms with E-state index < -0.39 is 11.7 Å². The van der Waals surface area contributed by atoms with E-state index in [0.717, 1.165) is 31.7 Å². The number of nitrogen functional groups attached to an aromatic ring is 1. The van der Waals surface area contributed by atoms with Crippen LogP contribution in [0.5, 0.6) is 0 Å². The number of benzene rings is 1. The molecule has 1 aliphatic rings. The second-order valence-electron chi connectivity index (χ2n) is 7.76. The number of halogens is 1. The van der Waals surface area contributed by atoms with Crippen molar-refractivity contribution >= 4 is 23.1 Å². The van der Waals surface area contributed by atoms with Gasteiger partial charge in [0.1, 0.15) is 11.5 Å². The molecule has 162 valence electrons. The Hall–Kier alpha value is -3.46. The predicted octanol–water partition coefficient (Wildman–Crippen LogP) is 2.63. The molecule has 1 atom stereocenters. The molecule has 9 heteroatoms. The fourth-order valence-electron chi connectivity index (χ4n) is 4.00. The van der Waals surface area contributed by atoms with Gasteiger partial charge in [-0.05, 0) is 49.6 Å². The predicted molar refractivity (Wildman–Crippen MR) is 119 cm³/mol. The first kappa shape index (κ1) is 20.8. The van der Waals surface area contributed by atoms with Crippen LogP contribution in [-0.2, 0) is 7.05 Å². The van der Waals surface area contributed by atoms with E-state index in [-0.39, 0.29) is 11.4 Å². The van der Waals surface area contributed by atoms with Gasteiger partial charge in [0.2, 0.25) is 0 Å². The Morgan fingerprint density at radius 3 is 2.87 bits per heavy atom. The minimum absolute atomic E-state index is 0.0361. The van der Waals surface area contributed by atoms with Crippen LogP contribution < -0.4 is 21.7 Å². The van der Waals surface area contributed by atoms with E-state index in [1.54, 1.807) is 41.2 Å². The van der Waals surface area contributed by atoms with Gasteiger partial charge in [-0.3, -0.25) is 9.48 Å². The van der Waals surface area contributed by atoms with Crippen LogP contribution in [0.25, 0.3) is 11.3 Å². The van der Waals surface area contributed by atoms with E-state index in [4.69, 9.17) is 11.5 Å². The zero-order valence-corrected chi connectivity index (χ0v) is 17.4. The van der Waals surface area contributed by atoms with Gasteiger partial charge in [-0.15, -0.1) is 0 Å². The summed E-state index contributed by atoms with van der Waals surface area (Å²) >= 11 is 0. The number of aromatic nitrogens is 3. The maximum absolute atomic E-state index is 14.2. The summed E-state index contributed by atoms with van der Waals surface area (Å²) < 4.78 is 15.9. The van der Waals surface area contributed by atoms with Crippen LogP contribution in [-0.4, -0.2) is 40.3 Å². The highest BCUT2D eigenvalue weighted by atomic mass is 19.1. The molecule has 3 heterocycles. The van der Waals surface area contributed by atoms with E-state index in [2.05, 4.69) is 20.3 Å². The fraction of sp³-hybridized carbons (Fsp3) is 0.318. The molecular weight excluding hydrogens is 397 g/mol. The number of nitrogens with one attached hydrogen (secondary N) is 1. The van der Waals surface area contributed by atoms with Gasteiger partial charge in [0.15, 0.2) is 11.5 Å². The summed E-state index contributed by atoms with van der Waals surface area (Å²) in [5.74, 6) is 0.329. The third-order valence-corrected chi connectivity index (χ3v) is 5.60. The number of carbonyl (C=O) groups is 1. The first-order valence-corrected chi connectivity index (χ1v) is 10.3. The van der Waals surface area contributed by atoms with Crippen molar-refractivity contribution in [1.29, 1.82) is 0 Å². The first-order chi connectivity index (χ1) is 15.0. The van der Waals surface area contributed by atoms with Crippen molar-refractivity contribution < 1.29 is 9.18 Å². The summed E-state index contributed by atoms with van der Waals surface area (Å²) in [5.41, 5.74) is 13.4. The molecule has 0 aliphatic carbocycles. The van der Waals surface area contributed by atoms with E-state index in [1.807, 2.05) is 7.05 Å². The van der Waals surface area contributed by atoms with Crippen LogP contribution in [0.3, 0.4) is 0 Å². The third kappa shape index (κ3) is 4.22. The maximum Gasteiger partial charge on any atom is 0.276 e. The van der Waals surface area contributed by atoms with Crippen LogP contribution in [0.1, 0.15) is 23.3 Å². The Labute approximate surface area is 180 Å². The molecule has 8 nitrogen and oxygen atoms in total. The van der Waals surface area contributed by atoms with Gasteiger partial charge >= 0.3 is 0 Å². The average Bonchev–Trinajstić information content (AvgIpc) is 3.14. The van der Waals surface area contributed by atoms with E-state index in [9.17, 15) is 9.18 Å². The number of piperidine rings is 1. The number of nitrogens with two attached hydrogens (primary N) is 2. The molecule has 0 spiro atoms. The molecule has 1 aromatic carbocycles. The molecule has 31 heavy (non-hydrogen) atoms. The van der Waals surface area contributed by atoms with Crippen LogP contribution in [0.2, 0.25) is 0 Å². The zero-order chi connectivity index (χ0) is 22.0. The van der Waals surface area contributed by atoms with Crippen LogP contribution in [0.15, 0.2) is 42.6 Å². The lowest BCUT2D eigenvalue weighted by atomic mass is 9.98. The molecule has 1 amide bonds. The largest absolute Gasteiger partial charge is 0.397 e. The summed E-state index contributed by atoms with van der Waals surface area (Å²) in [6, 6.07) is 9.43. The summed E-state index contributed by atoms with van der Waals surface area (Å²) in [4.78, 5) is 19.6. The topological polar surface area (TPSA) is 115 Å². The Morgan fingerprint density at radius 2 is 2.10 bits per heavy atom. The van der Waals surface area contributed by atoms with Gasteiger partial charge in [-0.1, -0.05) is 12.1 Å². The van der Waals surface area contributed by atoms with Crippen molar-refractivity contribution in [3.8, 4) is 11.3 Å². The second-order valence-corrected chi connectivity index (χ2v) is 7.76. The summed E-state index contributed by atoms with van der Waals surface area (Å²) in [5, 5.41) is 7.20. The highest BCUT2D eigenvalue weighted by Gasteiger charge is 2.25. The maximum atomic E-state index is 14.2. The quantitative estimate of drug-likeness (QED) is 0.581. The van der Waals surface area contributed by atoms with Gasteiger partial charge < -0.3 is 21.7 Å². The fourth-order valence-corrected chi connectivity index (χ4v) is 4.00. The Balaban J connectivity index is 1.61. The molecule has 4 rings (SSSR count). The highest BCUT2D eigenvalue weighted by Crippen LogP contribution is 2.30. The minimum atomic E-state index is -0.475. The lowest BCUT2D eigenvalue weighted by Gasteiger charge is -2.34. The number of aryl methyl sites for hydroxylation is 1. The normalized spacial score (nSPS) is 16.4. The Bertz CT molecular complexity index is 1100. The van der Waals surface area contributed by atoms with Crippen LogP contribution >= 0.6 is 0 Å². The number of hydrogen-bond acceptors (Lipinski definition) is 6. The van der Waals surface area contributed by atoms with Gasteiger partial charge in [-0.25, -0.2) is 9.37 Å². The highest BCUT2D eigenvalue weighted by molar-refractivity contribution is 6.07. The van der Waals surface area contributed by atoms with Crippen molar-refractivity contribution in [2.45, 2.75) is 12.8 Å². The van der Waals surface area contributed by atoms with Gasteiger partial charge in [-0.2, -0.15) is 5.10 Å². The second kappa shape index (κ2) is 8.73. The molecule has 2 aromatic heterocycles. The lowest BCUT2D eigenvalue weighted by Crippen LogP contribution is -2.39. The molecule has 5 N–H and O–H groups in total. The van der Waals surface area contributed by atoms with Crippen molar-refractivity contribution in [2.75, 3.05) is 35.6 Å². The Morgan fingerprint density at radius 1 is 1.29 bits per heavy atom. The van der Waals surface area contributed by atoms with Crippen molar-refractivity contribution in [3.63, 3.8) is 0 Å². The first-order valence-electron chi connectivity index (χ1n) is 10.3. The summed E-state index contributed by atoms with van der Waals surface area (Å²) in [6.45, 7) is 2.30. The molecule has 0 bridgehead atoms. The van der Waals surface area contributed by atoms with E-state index in [0.29, 0.717) is 29.4 Å². The monoisotopic (exact) mass is 423 g/mol. The van der Waals surface area contributed by atoms with Crippen molar-refractivity contribution in [1.82, 2.24) is 14.8 Å². The number of amides is 1. The van der Waals surface area contributed by atoms with Gasteiger partial charge in [0.25, 0.3) is 5.91 Å². The number of anilines is 3. The molecule has 1 aliphatic heterocycles. The van der Waals surface area contributed by atoms with Crippen LogP contribution in [0.4, 0.5) is 21.6 Å². The number of rotatable bonds is 5. The van der Waals surface area contributed by atoms with Crippen LogP contribution in [0, 0.1) is 11.7 Å². The zero-order valence-electron chi connectivity index (χ0n) is 17.4. The number of carbonyl (C=O) groups excluding carboxylic acids is 1. The molecule has 0 radical (unpaired) electrons. The smallest absolute Gasteiger partial charge is 0.276 e. The number of pyridine rings is 1. The standard InChI is InChI=1S/C22H26FN7O/c1-29-22(30-10-4-5-14(11-24)13-30)19(12-26-29)28-21(31)20-17(25)8-9-18(27-20)15-6-2-3-7-16(15)23/h2-3,6-9,12,14H,4-5,10-11,13,24-25H2,1H3,(H,28,31)/t14-/m1/s1. The van der Waals surface area contributed by atoms with Crippen molar-refractivity contribution in [2.24, 2.45) is 18.7 Å². The van der Waals surface area contributed by atoms with Crippen molar-refractivity contribution in [3.05, 3.63) is 54.1 Å². The molecule has 1 fully saturated rings. The summed E-state index contributed by atoms with van der Waals surface area (Å²) in [6.07, 6.45) is 3.73. The summed E-state index contributed by atoms with van der Waals surface area (Å²) in [7, 11) is 1.84. The Kier molecular flexibility index (Phi) is 5.85. The molecule has 1 saturated heterocycles. The molecule has 0 saturated carbocycles. The lowest BCUT2D eigenvalue weighted by molar-refractivity contribution is 0.102. The molecule has 0 unspecified atom stereocenters. The number of nitrogens with zero attached hydrogens (tertiary/aromatic N) is 4.